The highest BCUT2D eigenvalue weighted by Gasteiger charge is 2.42. The van der Waals surface area contributed by atoms with Gasteiger partial charge < -0.3 is 9.47 Å². The lowest BCUT2D eigenvalue weighted by molar-refractivity contribution is -0.123. The van der Waals surface area contributed by atoms with Crippen LogP contribution in [-0.2, 0) is 15.1 Å². The maximum absolute atomic E-state index is 6.29. The first-order valence-electron chi connectivity index (χ1n) is 6.99. The molecule has 0 saturated heterocycles. The smallest absolute Gasteiger partial charge is 0.107 e. The molecule has 4 heteroatoms. The third kappa shape index (κ3) is 2.99. The van der Waals surface area contributed by atoms with Gasteiger partial charge in [0.25, 0.3) is 0 Å². The monoisotopic (exact) mass is 302 g/mol. The first-order chi connectivity index (χ1) is 9.02. The first-order valence-corrected chi connectivity index (χ1v) is 8.18. The summed E-state index contributed by atoms with van der Waals surface area (Å²) in [5, 5.41) is 0. The van der Waals surface area contributed by atoms with Gasteiger partial charge in [-0.15, -0.1) is 11.3 Å². The van der Waals surface area contributed by atoms with Crippen LogP contribution < -0.4 is 0 Å². The van der Waals surface area contributed by atoms with E-state index < -0.39 is 0 Å². The molecule has 0 aromatic carbocycles. The molecule has 0 fully saturated rings. The minimum atomic E-state index is -0.162. The second-order valence-electron chi connectivity index (χ2n) is 5.71. The van der Waals surface area contributed by atoms with Crippen molar-refractivity contribution >= 4 is 22.9 Å². The fourth-order valence-electron chi connectivity index (χ4n) is 3.06. The molecule has 108 valence electrons. The van der Waals surface area contributed by atoms with E-state index in [0.717, 1.165) is 23.6 Å². The van der Waals surface area contributed by atoms with E-state index >= 15 is 0 Å². The summed E-state index contributed by atoms with van der Waals surface area (Å²) >= 11 is 7.90. The van der Waals surface area contributed by atoms with Crippen molar-refractivity contribution in [2.24, 2.45) is 5.92 Å². The normalized spacial score (nSPS) is 26.7. The molecule has 19 heavy (non-hydrogen) atoms. The molecule has 0 aliphatic carbocycles. The van der Waals surface area contributed by atoms with Gasteiger partial charge in [0.2, 0.25) is 0 Å². The summed E-state index contributed by atoms with van der Waals surface area (Å²) in [5.41, 5.74) is 1.07. The molecule has 2 rings (SSSR count). The molecule has 2 nitrogen and oxygen atoms in total. The highest BCUT2D eigenvalue weighted by atomic mass is 35.5. The van der Waals surface area contributed by atoms with E-state index in [-0.39, 0.29) is 11.7 Å². The van der Waals surface area contributed by atoms with Gasteiger partial charge in [-0.25, -0.2) is 0 Å². The van der Waals surface area contributed by atoms with Gasteiger partial charge in [0.15, 0.2) is 0 Å². The summed E-state index contributed by atoms with van der Waals surface area (Å²) < 4.78 is 12.7. The van der Waals surface area contributed by atoms with Gasteiger partial charge in [0.1, 0.15) is 11.7 Å². The van der Waals surface area contributed by atoms with E-state index in [1.54, 1.807) is 18.4 Å². The summed E-state index contributed by atoms with van der Waals surface area (Å²) in [7, 11) is 1.73. The van der Waals surface area contributed by atoms with Crippen LogP contribution in [0.3, 0.4) is 0 Å². The number of methoxy groups -OCH3 is 1. The molecule has 0 radical (unpaired) electrons. The van der Waals surface area contributed by atoms with Crippen molar-refractivity contribution in [3.05, 3.63) is 20.8 Å². The molecule has 1 aliphatic heterocycles. The number of fused-ring (bicyclic) bond motifs is 1. The second-order valence-corrected chi connectivity index (χ2v) is 7.40. The van der Waals surface area contributed by atoms with Crippen molar-refractivity contribution in [3.63, 3.8) is 0 Å². The van der Waals surface area contributed by atoms with Crippen molar-refractivity contribution in [2.75, 3.05) is 13.7 Å². The average Bonchev–Trinajstić information content (AvgIpc) is 2.72. The maximum atomic E-state index is 6.29. The van der Waals surface area contributed by atoms with E-state index in [1.165, 1.54) is 10.4 Å². The molecule has 2 atom stereocenters. The zero-order chi connectivity index (χ0) is 14.0. The molecule has 0 amide bonds. The zero-order valence-corrected chi connectivity index (χ0v) is 13.7. The van der Waals surface area contributed by atoms with Crippen molar-refractivity contribution in [1.29, 1.82) is 0 Å². The third-order valence-corrected chi connectivity index (χ3v) is 5.14. The van der Waals surface area contributed by atoms with Crippen molar-refractivity contribution < 1.29 is 9.47 Å². The largest absolute Gasteiger partial charge is 0.374 e. The Morgan fingerprint density at radius 3 is 2.89 bits per heavy atom. The van der Waals surface area contributed by atoms with Crippen LogP contribution >= 0.6 is 22.9 Å². The van der Waals surface area contributed by atoms with Gasteiger partial charge in [0, 0.05) is 17.6 Å². The van der Waals surface area contributed by atoms with E-state index in [9.17, 15) is 0 Å². The number of ether oxygens (including phenoxy) is 2. The highest BCUT2D eigenvalue weighted by molar-refractivity contribution is 7.16. The quantitative estimate of drug-likeness (QED) is 0.748. The Morgan fingerprint density at radius 2 is 2.32 bits per heavy atom. The Bertz CT molecular complexity index is 430. The molecule has 1 aliphatic rings. The zero-order valence-electron chi connectivity index (χ0n) is 12.2. The van der Waals surface area contributed by atoms with Crippen LogP contribution in [0, 0.1) is 5.92 Å². The van der Waals surface area contributed by atoms with Crippen molar-refractivity contribution in [3.8, 4) is 0 Å². The van der Waals surface area contributed by atoms with Crippen LogP contribution in [0.4, 0.5) is 0 Å². The van der Waals surface area contributed by atoms with Crippen LogP contribution in [0.2, 0.25) is 4.34 Å². The summed E-state index contributed by atoms with van der Waals surface area (Å²) in [4.78, 5) is 1.28. The van der Waals surface area contributed by atoms with E-state index in [0.29, 0.717) is 12.5 Å². The number of hydrogen-bond donors (Lipinski definition) is 0. The van der Waals surface area contributed by atoms with E-state index in [1.807, 2.05) is 0 Å². The lowest BCUT2D eigenvalue weighted by Crippen LogP contribution is -2.37. The lowest BCUT2D eigenvalue weighted by Gasteiger charge is -2.41. The van der Waals surface area contributed by atoms with Crippen LogP contribution in [-0.4, -0.2) is 13.7 Å². The molecular weight excluding hydrogens is 280 g/mol. The van der Waals surface area contributed by atoms with Gasteiger partial charge in [0.05, 0.1) is 10.9 Å². The number of hydrogen-bond acceptors (Lipinski definition) is 3. The third-order valence-electron chi connectivity index (χ3n) is 3.68. The highest BCUT2D eigenvalue weighted by Crippen LogP contribution is 2.49. The SMILES string of the molecule is CCC[C@]1(CC(C)C)OC[C@@H](OC)c2cc(Cl)sc21. The maximum Gasteiger partial charge on any atom is 0.107 e. The standard InChI is InChI=1S/C15H23ClO2S/c1-5-6-15(8-10(2)3)14-11(7-13(16)19-14)12(17-4)9-18-15/h7,10,12H,5-6,8-9H2,1-4H3/t12-,15-/m1/s1. The summed E-state index contributed by atoms with van der Waals surface area (Å²) in [6, 6.07) is 2.06. The Morgan fingerprint density at radius 1 is 1.58 bits per heavy atom. The van der Waals surface area contributed by atoms with Crippen LogP contribution in [0.1, 0.15) is 56.6 Å². The topological polar surface area (TPSA) is 18.5 Å². The number of thiophene rings is 1. The summed E-state index contributed by atoms with van der Waals surface area (Å²) in [6.07, 6.45) is 3.22. The average molecular weight is 303 g/mol. The molecule has 1 aromatic heterocycles. The molecule has 0 spiro atoms. The Labute approximate surface area is 125 Å². The molecular formula is C15H23ClO2S. The molecule has 0 N–H and O–H groups in total. The minimum absolute atomic E-state index is 0.0240. The van der Waals surface area contributed by atoms with Crippen LogP contribution in [0.15, 0.2) is 6.07 Å². The van der Waals surface area contributed by atoms with Crippen LogP contribution in [0.5, 0.6) is 0 Å². The van der Waals surface area contributed by atoms with Crippen molar-refractivity contribution in [1.82, 2.24) is 0 Å². The van der Waals surface area contributed by atoms with Gasteiger partial charge in [-0.3, -0.25) is 0 Å². The van der Waals surface area contributed by atoms with Crippen LogP contribution in [0.25, 0.3) is 0 Å². The summed E-state index contributed by atoms with van der Waals surface area (Å²) in [6.45, 7) is 7.34. The number of rotatable bonds is 5. The van der Waals surface area contributed by atoms with Crippen molar-refractivity contribution in [2.45, 2.75) is 51.7 Å². The van der Waals surface area contributed by atoms with Gasteiger partial charge in [-0.1, -0.05) is 38.8 Å². The Balaban J connectivity index is 2.44. The van der Waals surface area contributed by atoms with E-state index in [2.05, 4.69) is 26.8 Å². The lowest BCUT2D eigenvalue weighted by atomic mass is 9.82. The fourth-order valence-corrected chi connectivity index (χ4v) is 4.53. The van der Waals surface area contributed by atoms with Gasteiger partial charge in [-0.2, -0.15) is 0 Å². The second kappa shape index (κ2) is 6.13. The first kappa shape index (κ1) is 15.3. The predicted octanol–water partition coefficient (Wildman–Crippen LogP) is 5.16. The van der Waals surface area contributed by atoms with Gasteiger partial charge in [-0.05, 0) is 24.8 Å². The minimum Gasteiger partial charge on any atom is -0.374 e. The molecule has 0 unspecified atom stereocenters. The molecule has 0 bridgehead atoms. The molecule has 0 saturated carbocycles. The summed E-state index contributed by atoms with van der Waals surface area (Å²) in [5.74, 6) is 0.597. The van der Waals surface area contributed by atoms with Gasteiger partial charge >= 0.3 is 0 Å². The Kier molecular flexibility index (Phi) is 4.93. The molecule has 2 heterocycles. The number of halogens is 1. The van der Waals surface area contributed by atoms with E-state index in [4.69, 9.17) is 21.1 Å². The predicted molar refractivity (Wildman–Crippen MR) is 81.1 cm³/mol. The fraction of sp³-hybridized carbons (Fsp3) is 0.733. The molecule has 1 aromatic rings. The Hall–Kier alpha value is -0.0900.